The van der Waals surface area contributed by atoms with E-state index in [1.807, 2.05) is 42.5 Å². The zero-order valence-corrected chi connectivity index (χ0v) is 17.6. The molecule has 0 radical (unpaired) electrons. The number of anilines is 2. The highest BCUT2D eigenvalue weighted by molar-refractivity contribution is 5.96. The van der Waals surface area contributed by atoms with E-state index in [1.165, 1.54) is 5.56 Å². The van der Waals surface area contributed by atoms with Crippen LogP contribution in [0.3, 0.4) is 0 Å². The van der Waals surface area contributed by atoms with Crippen molar-refractivity contribution in [2.24, 2.45) is 0 Å². The fourth-order valence-corrected chi connectivity index (χ4v) is 3.04. The number of benzene rings is 3. The topological polar surface area (TPSA) is 79.5 Å². The quantitative estimate of drug-likeness (QED) is 0.434. The number of ether oxygens (including phenoxy) is 1. The van der Waals surface area contributed by atoms with Gasteiger partial charge in [0.2, 0.25) is 5.91 Å². The summed E-state index contributed by atoms with van der Waals surface area (Å²) in [5.41, 5.74) is 3.29. The maximum atomic E-state index is 12.2. The minimum atomic E-state index is -0.179. The van der Waals surface area contributed by atoms with Gasteiger partial charge in [0.1, 0.15) is 5.75 Å². The van der Waals surface area contributed by atoms with Crippen LogP contribution in [0, 0.1) is 0 Å². The third-order valence-corrected chi connectivity index (χ3v) is 4.67. The number of carbonyl (C=O) groups is 2. The van der Waals surface area contributed by atoms with Crippen molar-refractivity contribution >= 4 is 23.2 Å². The summed E-state index contributed by atoms with van der Waals surface area (Å²) in [5.74, 6) is 0.423. The molecule has 0 aliphatic rings. The number of amides is 2. The second-order valence-electron chi connectivity index (χ2n) is 7.02. The van der Waals surface area contributed by atoms with Gasteiger partial charge in [-0.2, -0.15) is 0 Å². The first-order chi connectivity index (χ1) is 15.1. The minimum absolute atomic E-state index is 0.120. The van der Waals surface area contributed by atoms with Gasteiger partial charge in [0, 0.05) is 30.1 Å². The first-order valence-corrected chi connectivity index (χ1v) is 10.3. The van der Waals surface area contributed by atoms with E-state index in [0.29, 0.717) is 17.9 Å². The zero-order chi connectivity index (χ0) is 21.9. The van der Waals surface area contributed by atoms with E-state index < -0.39 is 0 Å². The van der Waals surface area contributed by atoms with Crippen LogP contribution < -0.4 is 20.7 Å². The van der Waals surface area contributed by atoms with E-state index >= 15 is 0 Å². The molecule has 0 atom stereocenters. The largest absolute Gasteiger partial charge is 0.494 e. The molecule has 0 saturated carbocycles. The summed E-state index contributed by atoms with van der Waals surface area (Å²) in [6, 6.07) is 24.6. The molecule has 6 nitrogen and oxygen atoms in total. The van der Waals surface area contributed by atoms with Gasteiger partial charge in [-0.15, -0.1) is 0 Å². The van der Waals surface area contributed by atoms with Crippen LogP contribution in [-0.2, 0) is 11.2 Å². The Balaban J connectivity index is 1.41. The number of nitrogens with one attached hydrogen (secondary N) is 3. The molecule has 6 heteroatoms. The lowest BCUT2D eigenvalue weighted by Crippen LogP contribution is -2.22. The monoisotopic (exact) mass is 417 g/mol. The van der Waals surface area contributed by atoms with Gasteiger partial charge in [-0.05, 0) is 54.8 Å². The summed E-state index contributed by atoms with van der Waals surface area (Å²) >= 11 is 0. The lowest BCUT2D eigenvalue weighted by molar-refractivity contribution is -0.114. The van der Waals surface area contributed by atoms with Crippen molar-refractivity contribution in [2.75, 3.05) is 30.8 Å². The highest BCUT2D eigenvalue weighted by atomic mass is 16.5. The summed E-state index contributed by atoms with van der Waals surface area (Å²) in [5, 5.41) is 8.47. The van der Waals surface area contributed by atoms with E-state index in [4.69, 9.17) is 4.74 Å². The number of carbonyl (C=O) groups excluding carboxylic acids is 2. The number of hydrogen-bond acceptors (Lipinski definition) is 4. The van der Waals surface area contributed by atoms with Gasteiger partial charge in [0.25, 0.3) is 5.91 Å². The second kappa shape index (κ2) is 11.4. The number of aryl methyl sites for hydroxylation is 1. The Morgan fingerprint density at radius 3 is 2.39 bits per heavy atom. The Hall–Kier alpha value is -3.80. The van der Waals surface area contributed by atoms with Crippen molar-refractivity contribution in [3.05, 3.63) is 90.0 Å². The molecule has 0 aromatic heterocycles. The van der Waals surface area contributed by atoms with Crippen LogP contribution in [-0.4, -0.2) is 32.0 Å². The predicted molar refractivity (Wildman–Crippen MR) is 124 cm³/mol. The van der Waals surface area contributed by atoms with E-state index in [1.54, 1.807) is 31.3 Å². The Labute approximate surface area is 182 Å². The molecule has 2 amide bonds. The molecule has 0 aliphatic heterocycles. The van der Waals surface area contributed by atoms with Crippen LogP contribution in [0.25, 0.3) is 0 Å². The van der Waals surface area contributed by atoms with Gasteiger partial charge < -0.3 is 20.7 Å². The predicted octanol–water partition coefficient (Wildman–Crippen LogP) is 4.11. The van der Waals surface area contributed by atoms with Crippen molar-refractivity contribution in [1.82, 2.24) is 5.32 Å². The Morgan fingerprint density at radius 2 is 1.65 bits per heavy atom. The summed E-state index contributed by atoms with van der Waals surface area (Å²) in [6.07, 6.45) is 1.91. The maximum absolute atomic E-state index is 12.2. The van der Waals surface area contributed by atoms with Gasteiger partial charge in [0.15, 0.2) is 0 Å². The molecule has 0 heterocycles. The Bertz CT molecular complexity index is 988. The van der Waals surface area contributed by atoms with Gasteiger partial charge in [-0.25, -0.2) is 0 Å². The zero-order valence-electron chi connectivity index (χ0n) is 17.6. The molecule has 0 saturated heterocycles. The van der Waals surface area contributed by atoms with Crippen molar-refractivity contribution in [3.8, 4) is 5.75 Å². The number of hydrogen-bond donors (Lipinski definition) is 3. The molecule has 0 unspecified atom stereocenters. The lowest BCUT2D eigenvalue weighted by Gasteiger charge is -2.11. The summed E-state index contributed by atoms with van der Waals surface area (Å²) in [6.45, 7) is 0.750. The standard InChI is InChI=1S/C25H27N3O3/c1-26-25(30)20-12-14-21(15-13-20)28-24(29)18-27-22-10-5-11-23(17-22)31-16-6-9-19-7-3-2-4-8-19/h2-5,7-8,10-15,17,27H,6,9,16,18H2,1H3,(H,26,30)(H,28,29). The van der Waals surface area contributed by atoms with Crippen LogP contribution in [0.15, 0.2) is 78.9 Å². The van der Waals surface area contributed by atoms with Gasteiger partial charge >= 0.3 is 0 Å². The van der Waals surface area contributed by atoms with Gasteiger partial charge in [-0.3, -0.25) is 9.59 Å². The van der Waals surface area contributed by atoms with Crippen molar-refractivity contribution < 1.29 is 14.3 Å². The normalized spacial score (nSPS) is 10.2. The van der Waals surface area contributed by atoms with Crippen LogP contribution >= 0.6 is 0 Å². The average Bonchev–Trinajstić information content (AvgIpc) is 2.81. The highest BCUT2D eigenvalue weighted by Gasteiger charge is 2.06. The molecule has 0 spiro atoms. The summed E-state index contributed by atoms with van der Waals surface area (Å²) in [7, 11) is 1.58. The third-order valence-electron chi connectivity index (χ3n) is 4.67. The third kappa shape index (κ3) is 7.19. The Kier molecular flexibility index (Phi) is 8.05. The smallest absolute Gasteiger partial charge is 0.251 e. The fourth-order valence-electron chi connectivity index (χ4n) is 3.04. The fraction of sp³-hybridized carbons (Fsp3) is 0.200. The first kappa shape index (κ1) is 21.9. The van der Waals surface area contributed by atoms with Crippen LogP contribution in [0.1, 0.15) is 22.3 Å². The number of rotatable bonds is 10. The molecule has 3 rings (SSSR count). The Morgan fingerprint density at radius 1 is 0.871 bits per heavy atom. The molecule has 3 N–H and O–H groups in total. The molecule has 0 bridgehead atoms. The van der Waals surface area contributed by atoms with E-state index in [2.05, 4.69) is 28.1 Å². The van der Waals surface area contributed by atoms with Gasteiger partial charge in [-0.1, -0.05) is 36.4 Å². The second-order valence-corrected chi connectivity index (χ2v) is 7.02. The molecular formula is C25H27N3O3. The van der Waals surface area contributed by atoms with Crippen LogP contribution in [0.4, 0.5) is 11.4 Å². The summed E-state index contributed by atoms with van der Waals surface area (Å²) < 4.78 is 5.84. The molecular weight excluding hydrogens is 390 g/mol. The van der Waals surface area contributed by atoms with E-state index in [0.717, 1.165) is 24.3 Å². The molecule has 3 aromatic rings. The molecule has 160 valence electrons. The van der Waals surface area contributed by atoms with Crippen molar-refractivity contribution in [3.63, 3.8) is 0 Å². The summed E-state index contributed by atoms with van der Waals surface area (Å²) in [4.78, 5) is 23.8. The SMILES string of the molecule is CNC(=O)c1ccc(NC(=O)CNc2cccc(OCCCc3ccccc3)c2)cc1. The average molecular weight is 418 g/mol. The van der Waals surface area contributed by atoms with Crippen molar-refractivity contribution in [2.45, 2.75) is 12.8 Å². The van der Waals surface area contributed by atoms with Crippen LogP contribution in [0.2, 0.25) is 0 Å². The maximum Gasteiger partial charge on any atom is 0.251 e. The minimum Gasteiger partial charge on any atom is -0.494 e. The van der Waals surface area contributed by atoms with Gasteiger partial charge in [0.05, 0.1) is 13.2 Å². The van der Waals surface area contributed by atoms with Crippen molar-refractivity contribution in [1.29, 1.82) is 0 Å². The molecule has 31 heavy (non-hydrogen) atoms. The molecule has 0 fully saturated rings. The highest BCUT2D eigenvalue weighted by Crippen LogP contribution is 2.18. The lowest BCUT2D eigenvalue weighted by atomic mass is 10.1. The van der Waals surface area contributed by atoms with Crippen LogP contribution in [0.5, 0.6) is 5.75 Å². The van der Waals surface area contributed by atoms with E-state index in [-0.39, 0.29) is 18.4 Å². The first-order valence-electron chi connectivity index (χ1n) is 10.3. The molecule has 0 aliphatic carbocycles. The van der Waals surface area contributed by atoms with E-state index in [9.17, 15) is 9.59 Å². The molecule has 3 aromatic carbocycles.